The molecule has 0 spiro atoms. The predicted octanol–water partition coefficient (Wildman–Crippen LogP) is 2.98. The molecule has 1 heterocycles. The van der Waals surface area contributed by atoms with Crippen molar-refractivity contribution < 1.29 is 22.6 Å². The average molecular weight is 326 g/mol. The second-order valence-corrected chi connectivity index (χ2v) is 4.44. The Labute approximate surface area is 129 Å². The molecule has 0 amide bonds. The second kappa shape index (κ2) is 6.55. The molecule has 8 heteroatoms. The zero-order valence-electron chi connectivity index (χ0n) is 12.3. The van der Waals surface area contributed by atoms with E-state index in [0.717, 1.165) is 6.07 Å². The predicted molar refractivity (Wildman–Crippen MR) is 78.3 cm³/mol. The van der Waals surface area contributed by atoms with Crippen molar-refractivity contribution >= 4 is 12.2 Å². The van der Waals surface area contributed by atoms with Crippen LogP contribution in [-0.4, -0.2) is 24.2 Å². The Morgan fingerprint density at radius 1 is 1.17 bits per heavy atom. The van der Waals surface area contributed by atoms with E-state index in [2.05, 4.69) is 4.98 Å². The molecule has 1 aromatic carbocycles. The highest BCUT2D eigenvalue weighted by molar-refractivity contribution is 5.73. The fourth-order valence-corrected chi connectivity index (χ4v) is 1.93. The van der Waals surface area contributed by atoms with Gasteiger partial charge in [-0.1, -0.05) is 12.1 Å². The summed E-state index contributed by atoms with van der Waals surface area (Å²) in [4.78, 5) is 16.4. The molecule has 2 aromatic rings. The monoisotopic (exact) mass is 326 g/mol. The summed E-state index contributed by atoms with van der Waals surface area (Å²) in [6, 6.07) is 5.83. The maximum atomic E-state index is 12.7. The van der Waals surface area contributed by atoms with Crippen molar-refractivity contribution in [2.75, 3.05) is 14.2 Å². The first-order valence-electron chi connectivity index (χ1n) is 6.43. The third-order valence-corrected chi connectivity index (χ3v) is 2.94. The van der Waals surface area contributed by atoms with Gasteiger partial charge < -0.3 is 14.5 Å². The Bertz CT molecular complexity index is 782. The number of H-pyrrole nitrogens is 1. The first kappa shape index (κ1) is 16.6. The van der Waals surface area contributed by atoms with Crippen LogP contribution in [0.15, 0.2) is 29.1 Å². The molecule has 0 aliphatic carbocycles. The number of benzene rings is 1. The smallest absolute Gasteiger partial charge is 0.431 e. The number of nitrogens with one attached hydrogen (secondary N) is 1. The van der Waals surface area contributed by atoms with Gasteiger partial charge in [0.05, 0.1) is 19.9 Å². The summed E-state index contributed by atoms with van der Waals surface area (Å²) in [6.07, 6.45) is -1.87. The van der Waals surface area contributed by atoms with Crippen LogP contribution < -0.4 is 15.2 Å². The van der Waals surface area contributed by atoms with Crippen LogP contribution in [-0.2, 0) is 6.18 Å². The van der Waals surface area contributed by atoms with Crippen molar-refractivity contribution in [3.8, 4) is 11.5 Å². The summed E-state index contributed by atoms with van der Waals surface area (Å²) in [5.41, 5.74) is -1.78. The van der Waals surface area contributed by atoms with Crippen LogP contribution in [0.1, 0.15) is 17.0 Å². The van der Waals surface area contributed by atoms with Crippen LogP contribution in [0.4, 0.5) is 13.2 Å². The standard InChI is InChI=1S/C15H13F3N2O3/c1-22-11-5-3-4-9(13(11)23-2)6-7-10-8-12(15(16,17)18)20-14(21)19-10/h3-8H,1-2H3,(H,19,20,21)/b7-6-. The molecule has 0 bridgehead atoms. The van der Waals surface area contributed by atoms with Gasteiger partial charge in [-0.05, 0) is 24.3 Å². The van der Waals surface area contributed by atoms with E-state index in [1.165, 1.54) is 26.4 Å². The van der Waals surface area contributed by atoms with Gasteiger partial charge in [0.1, 0.15) is 5.69 Å². The first-order valence-corrected chi connectivity index (χ1v) is 6.43. The normalized spacial score (nSPS) is 11.7. The molecule has 0 fully saturated rings. The number of rotatable bonds is 4. The molecule has 0 aliphatic rings. The number of para-hydroxylation sites is 1. The van der Waals surface area contributed by atoms with Crippen molar-refractivity contribution in [3.05, 3.63) is 51.7 Å². The number of methoxy groups -OCH3 is 2. The molecule has 0 saturated carbocycles. The number of hydrogen-bond acceptors (Lipinski definition) is 4. The zero-order chi connectivity index (χ0) is 17.0. The zero-order valence-corrected chi connectivity index (χ0v) is 12.3. The molecule has 1 aromatic heterocycles. The van der Waals surface area contributed by atoms with E-state index >= 15 is 0 Å². The maximum absolute atomic E-state index is 12.7. The Kier molecular flexibility index (Phi) is 4.73. The molecule has 122 valence electrons. The van der Waals surface area contributed by atoms with Crippen molar-refractivity contribution in [2.45, 2.75) is 6.18 Å². The average Bonchev–Trinajstić information content (AvgIpc) is 2.51. The third-order valence-electron chi connectivity index (χ3n) is 2.94. The molecule has 0 unspecified atom stereocenters. The number of aromatic amines is 1. The van der Waals surface area contributed by atoms with E-state index in [4.69, 9.17) is 9.47 Å². The second-order valence-electron chi connectivity index (χ2n) is 4.44. The van der Waals surface area contributed by atoms with Gasteiger partial charge in [0.15, 0.2) is 11.5 Å². The van der Waals surface area contributed by atoms with Gasteiger partial charge in [-0.25, -0.2) is 4.79 Å². The number of nitrogens with zero attached hydrogens (tertiary/aromatic N) is 1. The molecule has 23 heavy (non-hydrogen) atoms. The summed E-state index contributed by atoms with van der Waals surface area (Å²) < 4.78 is 48.4. The van der Waals surface area contributed by atoms with Crippen LogP contribution in [0.3, 0.4) is 0 Å². The molecule has 0 radical (unpaired) electrons. The quantitative estimate of drug-likeness (QED) is 0.938. The van der Waals surface area contributed by atoms with Gasteiger partial charge in [0, 0.05) is 5.56 Å². The van der Waals surface area contributed by atoms with E-state index in [1.54, 1.807) is 23.2 Å². The Hall–Kier alpha value is -2.77. The minimum absolute atomic E-state index is 0.119. The summed E-state index contributed by atoms with van der Waals surface area (Å²) in [7, 11) is 2.92. The van der Waals surface area contributed by atoms with Crippen LogP contribution in [0.5, 0.6) is 11.5 Å². The van der Waals surface area contributed by atoms with Crippen molar-refractivity contribution in [1.29, 1.82) is 0 Å². The molecule has 0 aliphatic heterocycles. The lowest BCUT2D eigenvalue weighted by Crippen LogP contribution is -2.19. The van der Waals surface area contributed by atoms with E-state index in [1.807, 2.05) is 0 Å². The number of alkyl halides is 3. The summed E-state index contributed by atoms with van der Waals surface area (Å²) in [6.45, 7) is 0. The molecule has 5 nitrogen and oxygen atoms in total. The number of ether oxygens (including phenoxy) is 2. The molecular weight excluding hydrogens is 313 g/mol. The summed E-state index contributed by atoms with van der Waals surface area (Å²) >= 11 is 0. The minimum atomic E-state index is -4.65. The third kappa shape index (κ3) is 3.91. The van der Waals surface area contributed by atoms with Crippen LogP contribution in [0, 0.1) is 0 Å². The van der Waals surface area contributed by atoms with E-state index in [0.29, 0.717) is 17.1 Å². The van der Waals surface area contributed by atoms with Gasteiger partial charge in [-0.15, -0.1) is 0 Å². The Morgan fingerprint density at radius 2 is 1.91 bits per heavy atom. The molecule has 2 rings (SSSR count). The first-order chi connectivity index (χ1) is 10.8. The van der Waals surface area contributed by atoms with Gasteiger partial charge in [0.25, 0.3) is 0 Å². The largest absolute Gasteiger partial charge is 0.493 e. The molecule has 1 N–H and O–H groups in total. The Morgan fingerprint density at radius 3 is 2.52 bits per heavy atom. The lowest BCUT2D eigenvalue weighted by atomic mass is 10.1. The lowest BCUT2D eigenvalue weighted by Gasteiger charge is -2.10. The fourth-order valence-electron chi connectivity index (χ4n) is 1.93. The van der Waals surface area contributed by atoms with Crippen LogP contribution in [0.2, 0.25) is 0 Å². The Balaban J connectivity index is 2.42. The van der Waals surface area contributed by atoms with Crippen molar-refractivity contribution in [2.24, 2.45) is 0 Å². The van der Waals surface area contributed by atoms with Crippen LogP contribution in [0.25, 0.3) is 12.2 Å². The van der Waals surface area contributed by atoms with E-state index < -0.39 is 17.6 Å². The lowest BCUT2D eigenvalue weighted by molar-refractivity contribution is -0.141. The minimum Gasteiger partial charge on any atom is -0.493 e. The number of halogens is 3. The number of hydrogen-bond donors (Lipinski definition) is 1. The van der Waals surface area contributed by atoms with Crippen molar-refractivity contribution in [3.63, 3.8) is 0 Å². The SMILES string of the molecule is COc1cccc(/C=C\c2cc(C(F)(F)F)[nH]c(=O)n2)c1OC. The van der Waals surface area contributed by atoms with Gasteiger partial charge in [-0.3, -0.25) is 0 Å². The van der Waals surface area contributed by atoms with Gasteiger partial charge in [-0.2, -0.15) is 18.2 Å². The topological polar surface area (TPSA) is 64.2 Å². The van der Waals surface area contributed by atoms with E-state index in [-0.39, 0.29) is 5.69 Å². The van der Waals surface area contributed by atoms with Gasteiger partial charge >= 0.3 is 11.9 Å². The van der Waals surface area contributed by atoms with Crippen molar-refractivity contribution in [1.82, 2.24) is 9.97 Å². The highest BCUT2D eigenvalue weighted by atomic mass is 19.4. The fraction of sp³-hybridized carbons (Fsp3) is 0.200. The van der Waals surface area contributed by atoms with Crippen LogP contribution >= 0.6 is 0 Å². The highest BCUT2D eigenvalue weighted by Crippen LogP contribution is 2.32. The molecule has 0 atom stereocenters. The highest BCUT2D eigenvalue weighted by Gasteiger charge is 2.32. The maximum Gasteiger partial charge on any atom is 0.431 e. The summed E-state index contributed by atoms with van der Waals surface area (Å²) in [5, 5.41) is 0. The van der Waals surface area contributed by atoms with Gasteiger partial charge in [0.2, 0.25) is 0 Å². The van der Waals surface area contributed by atoms with E-state index in [9.17, 15) is 18.0 Å². The number of aromatic nitrogens is 2. The summed E-state index contributed by atoms with van der Waals surface area (Å²) in [5.74, 6) is 0.900. The molecule has 0 saturated heterocycles. The molecular formula is C15H13F3N2O3.